The molecule has 0 radical (unpaired) electrons. The number of ether oxygens (including phenoxy) is 1. The van der Waals surface area contributed by atoms with E-state index in [1.165, 1.54) is 6.92 Å². The maximum atomic E-state index is 11.9. The van der Waals surface area contributed by atoms with Crippen LogP contribution in [-0.2, 0) is 19.4 Å². The van der Waals surface area contributed by atoms with E-state index in [2.05, 4.69) is 11.9 Å². The summed E-state index contributed by atoms with van der Waals surface area (Å²) >= 11 is 0. The van der Waals surface area contributed by atoms with Gasteiger partial charge in [-0.1, -0.05) is 6.58 Å². The predicted octanol–water partition coefficient (Wildman–Crippen LogP) is 0.272. The van der Waals surface area contributed by atoms with Gasteiger partial charge in [-0.05, 0) is 32.9 Å². The molecule has 5 nitrogen and oxygen atoms in total. The molecule has 0 atom stereocenters. The second kappa shape index (κ2) is 6.16. The highest BCUT2D eigenvalue weighted by Crippen LogP contribution is 2.14. The Labute approximate surface area is 102 Å². The smallest absolute Gasteiger partial charge is 0.333 e. The summed E-state index contributed by atoms with van der Waals surface area (Å²) in [5, 5.41) is 2.82. The highest BCUT2D eigenvalue weighted by molar-refractivity contribution is 7.92. The van der Waals surface area contributed by atoms with Crippen molar-refractivity contribution in [3.05, 3.63) is 12.2 Å². The highest BCUT2D eigenvalue weighted by Gasteiger charge is 2.27. The zero-order chi connectivity index (χ0) is 12.9. The zero-order valence-corrected chi connectivity index (χ0v) is 10.9. The minimum Gasteiger partial charge on any atom is -0.461 e. The average Bonchev–Trinajstić information content (AvgIpc) is 2.29. The Morgan fingerprint density at radius 1 is 1.41 bits per heavy atom. The summed E-state index contributed by atoms with van der Waals surface area (Å²) in [4.78, 5) is 11.1. The van der Waals surface area contributed by atoms with E-state index in [-0.39, 0.29) is 23.2 Å². The molecular formula is C11H19NO4S. The molecule has 1 N–H and O–H groups in total. The molecule has 0 amide bonds. The topological polar surface area (TPSA) is 72.5 Å². The summed E-state index contributed by atoms with van der Waals surface area (Å²) in [6.07, 6.45) is 1.27. The number of rotatable bonds is 5. The largest absolute Gasteiger partial charge is 0.461 e. The first-order valence-electron chi connectivity index (χ1n) is 5.68. The van der Waals surface area contributed by atoms with Crippen molar-refractivity contribution in [2.75, 3.05) is 25.4 Å². The molecule has 1 rings (SSSR count). The predicted molar refractivity (Wildman–Crippen MR) is 65.5 cm³/mol. The van der Waals surface area contributed by atoms with Crippen LogP contribution in [0.2, 0.25) is 0 Å². The van der Waals surface area contributed by atoms with Gasteiger partial charge in [-0.15, -0.1) is 0 Å². The van der Waals surface area contributed by atoms with Crippen molar-refractivity contribution < 1.29 is 17.9 Å². The molecule has 0 aliphatic carbocycles. The lowest BCUT2D eigenvalue weighted by atomic mass is 10.2. The van der Waals surface area contributed by atoms with Crippen molar-refractivity contribution in [1.82, 2.24) is 5.32 Å². The molecule has 1 saturated heterocycles. The normalized spacial score (nSPS) is 17.7. The van der Waals surface area contributed by atoms with Crippen molar-refractivity contribution >= 4 is 15.8 Å². The third kappa shape index (κ3) is 4.47. The quantitative estimate of drug-likeness (QED) is 0.568. The van der Waals surface area contributed by atoms with Crippen LogP contribution in [0.25, 0.3) is 0 Å². The monoisotopic (exact) mass is 261 g/mol. The van der Waals surface area contributed by atoms with E-state index >= 15 is 0 Å². The van der Waals surface area contributed by atoms with Gasteiger partial charge < -0.3 is 10.1 Å². The summed E-state index contributed by atoms with van der Waals surface area (Å²) in [6, 6.07) is 0. The number of piperidine rings is 1. The Kier molecular flexibility index (Phi) is 5.14. The molecule has 17 heavy (non-hydrogen) atoms. The van der Waals surface area contributed by atoms with E-state index in [1.54, 1.807) is 0 Å². The van der Waals surface area contributed by atoms with E-state index < -0.39 is 15.8 Å². The SMILES string of the molecule is C=C(C)C(=O)OCCS(=O)(=O)C1CCNCC1. The van der Waals surface area contributed by atoms with Crippen LogP contribution in [0.5, 0.6) is 0 Å². The minimum atomic E-state index is -3.15. The summed E-state index contributed by atoms with van der Waals surface area (Å²) in [6.45, 7) is 6.34. The standard InChI is InChI=1S/C11H19NO4S/c1-9(2)11(13)16-7-8-17(14,15)10-3-5-12-6-4-10/h10,12H,1,3-8H2,2H3. The highest BCUT2D eigenvalue weighted by atomic mass is 32.2. The van der Waals surface area contributed by atoms with Gasteiger partial charge in [0, 0.05) is 5.57 Å². The molecule has 0 unspecified atom stereocenters. The summed E-state index contributed by atoms with van der Waals surface area (Å²) < 4.78 is 28.6. The van der Waals surface area contributed by atoms with E-state index in [9.17, 15) is 13.2 Å². The number of carbonyl (C=O) groups is 1. The number of carbonyl (C=O) groups excluding carboxylic acids is 1. The Morgan fingerprint density at radius 3 is 2.53 bits per heavy atom. The lowest BCUT2D eigenvalue weighted by molar-refractivity contribution is -0.138. The van der Waals surface area contributed by atoms with Crippen LogP contribution in [0.3, 0.4) is 0 Å². The summed E-state index contributed by atoms with van der Waals surface area (Å²) in [5.41, 5.74) is 0.282. The van der Waals surface area contributed by atoms with Crippen molar-refractivity contribution in [1.29, 1.82) is 0 Å². The molecule has 1 aliphatic rings. The van der Waals surface area contributed by atoms with E-state index in [4.69, 9.17) is 4.74 Å². The molecule has 1 aliphatic heterocycles. The summed E-state index contributed by atoms with van der Waals surface area (Å²) in [5.74, 6) is -0.637. The van der Waals surface area contributed by atoms with Crippen LogP contribution in [-0.4, -0.2) is 45.1 Å². The zero-order valence-electron chi connectivity index (χ0n) is 10.1. The van der Waals surface area contributed by atoms with Gasteiger partial charge in [0.1, 0.15) is 6.61 Å². The maximum absolute atomic E-state index is 11.9. The van der Waals surface area contributed by atoms with Gasteiger partial charge in [0.25, 0.3) is 0 Å². The second-order valence-electron chi connectivity index (χ2n) is 4.23. The minimum absolute atomic E-state index is 0.0854. The fraction of sp³-hybridized carbons (Fsp3) is 0.727. The number of sulfone groups is 1. The summed E-state index contributed by atoms with van der Waals surface area (Å²) in [7, 11) is -3.15. The van der Waals surface area contributed by atoms with Crippen molar-refractivity contribution in [2.24, 2.45) is 0 Å². The van der Waals surface area contributed by atoms with Crippen LogP contribution in [0.4, 0.5) is 0 Å². The van der Waals surface area contributed by atoms with Gasteiger partial charge in [-0.2, -0.15) is 0 Å². The second-order valence-corrected chi connectivity index (χ2v) is 6.63. The number of hydrogen-bond acceptors (Lipinski definition) is 5. The first-order chi connectivity index (χ1) is 7.93. The Bertz CT molecular complexity index is 382. The number of esters is 1. The van der Waals surface area contributed by atoms with Crippen LogP contribution >= 0.6 is 0 Å². The maximum Gasteiger partial charge on any atom is 0.333 e. The van der Waals surface area contributed by atoms with Crippen LogP contribution in [0.1, 0.15) is 19.8 Å². The van der Waals surface area contributed by atoms with Crippen molar-refractivity contribution in [3.8, 4) is 0 Å². The molecule has 0 aromatic rings. The Morgan fingerprint density at radius 2 is 2.00 bits per heavy atom. The van der Waals surface area contributed by atoms with Gasteiger partial charge in [0.15, 0.2) is 9.84 Å². The van der Waals surface area contributed by atoms with Gasteiger partial charge in [-0.3, -0.25) is 0 Å². The average molecular weight is 261 g/mol. The number of hydrogen-bond donors (Lipinski definition) is 1. The Balaban J connectivity index is 2.39. The van der Waals surface area contributed by atoms with E-state index in [0.717, 1.165) is 13.1 Å². The molecule has 1 heterocycles. The van der Waals surface area contributed by atoms with Crippen LogP contribution in [0, 0.1) is 0 Å². The molecule has 0 aromatic heterocycles. The van der Waals surface area contributed by atoms with E-state index in [0.29, 0.717) is 12.8 Å². The number of nitrogens with one attached hydrogen (secondary N) is 1. The third-order valence-electron chi connectivity index (χ3n) is 2.74. The molecule has 6 heteroatoms. The Hall–Kier alpha value is -0.880. The molecular weight excluding hydrogens is 242 g/mol. The van der Waals surface area contributed by atoms with Gasteiger partial charge in [-0.25, -0.2) is 13.2 Å². The van der Waals surface area contributed by atoms with Gasteiger partial charge in [0.05, 0.1) is 11.0 Å². The lowest BCUT2D eigenvalue weighted by Gasteiger charge is -2.22. The molecule has 1 fully saturated rings. The molecule has 0 aromatic carbocycles. The molecule has 98 valence electrons. The lowest BCUT2D eigenvalue weighted by Crippen LogP contribution is -2.37. The van der Waals surface area contributed by atoms with Crippen molar-refractivity contribution in [2.45, 2.75) is 25.0 Å². The molecule has 0 bridgehead atoms. The fourth-order valence-electron chi connectivity index (χ4n) is 1.69. The first kappa shape index (κ1) is 14.2. The van der Waals surface area contributed by atoms with Crippen LogP contribution in [0.15, 0.2) is 12.2 Å². The fourth-order valence-corrected chi connectivity index (χ4v) is 3.30. The van der Waals surface area contributed by atoms with Crippen LogP contribution < -0.4 is 5.32 Å². The van der Waals surface area contributed by atoms with Gasteiger partial charge >= 0.3 is 5.97 Å². The van der Waals surface area contributed by atoms with Crippen molar-refractivity contribution in [3.63, 3.8) is 0 Å². The first-order valence-corrected chi connectivity index (χ1v) is 7.40. The molecule has 0 spiro atoms. The van der Waals surface area contributed by atoms with E-state index in [1.807, 2.05) is 0 Å². The third-order valence-corrected chi connectivity index (χ3v) is 4.97. The van der Waals surface area contributed by atoms with Gasteiger partial charge in [0.2, 0.25) is 0 Å². The molecule has 0 saturated carbocycles.